The second kappa shape index (κ2) is 10.00. The van der Waals surface area contributed by atoms with Gasteiger partial charge in [-0.25, -0.2) is 4.79 Å². The van der Waals surface area contributed by atoms with Crippen LogP contribution < -0.4 is 10.5 Å². The molecule has 0 saturated heterocycles. The second-order valence-electron chi connectivity index (χ2n) is 5.73. The van der Waals surface area contributed by atoms with Crippen molar-refractivity contribution in [3.63, 3.8) is 0 Å². The van der Waals surface area contributed by atoms with E-state index in [2.05, 4.69) is 11.9 Å². The normalized spacial score (nSPS) is 10.2. The highest BCUT2D eigenvalue weighted by Crippen LogP contribution is 2.35. The molecule has 1 heterocycles. The lowest BCUT2D eigenvalue weighted by atomic mass is 10.1. The average molecular weight is 407 g/mol. The molecule has 3 N–H and O–H groups in total. The highest BCUT2D eigenvalue weighted by Gasteiger charge is 2.08. The Morgan fingerprint density at radius 3 is 2.48 bits per heavy atom. The first-order valence-electron chi connectivity index (χ1n) is 8.37. The Balaban J connectivity index is 0.000000194. The third kappa shape index (κ3) is 5.74. The molecule has 3 rings (SSSR count). The number of benzene rings is 2. The number of nitrogen functional groups attached to an aromatic ring is 1. The number of carboxylic acids is 1. The van der Waals surface area contributed by atoms with Gasteiger partial charge in [0.15, 0.2) is 5.75 Å². The molecule has 142 valence electrons. The van der Waals surface area contributed by atoms with Crippen molar-refractivity contribution in [3.05, 3.63) is 64.4 Å². The van der Waals surface area contributed by atoms with Crippen LogP contribution in [0.5, 0.6) is 5.75 Å². The number of aromatic nitrogens is 1. The van der Waals surface area contributed by atoms with E-state index >= 15 is 0 Å². The van der Waals surface area contributed by atoms with Crippen LogP contribution >= 0.6 is 23.2 Å². The van der Waals surface area contributed by atoms with Crippen LogP contribution in [0.4, 0.5) is 5.69 Å². The highest BCUT2D eigenvalue weighted by atomic mass is 35.5. The van der Waals surface area contributed by atoms with Crippen LogP contribution in [-0.4, -0.2) is 22.7 Å². The smallest absolute Gasteiger partial charge is 0.337 e. The maximum atomic E-state index is 10.8. The average Bonchev–Trinajstić information content (AvgIpc) is 2.64. The van der Waals surface area contributed by atoms with Crippen molar-refractivity contribution in [2.75, 3.05) is 12.3 Å². The summed E-state index contributed by atoms with van der Waals surface area (Å²) in [6.07, 6.45) is 5.08. The molecule has 0 unspecified atom stereocenters. The molecule has 2 aromatic carbocycles. The standard InChI is InChI=1S/C10H13Cl2NO.C10H7NO2/c1-2-3-4-14-10-8(11)5-7(13)6-9(10)12;12-10(13)9-6-11-5-7-3-1-2-4-8(7)9/h5-6H,2-4,13H2,1H3;1-6H,(H,12,13). The maximum Gasteiger partial charge on any atom is 0.337 e. The van der Waals surface area contributed by atoms with E-state index in [1.54, 1.807) is 24.4 Å². The predicted molar refractivity (Wildman–Crippen MR) is 110 cm³/mol. The number of pyridine rings is 1. The van der Waals surface area contributed by atoms with Crippen molar-refractivity contribution < 1.29 is 14.6 Å². The van der Waals surface area contributed by atoms with E-state index in [1.165, 1.54) is 6.20 Å². The van der Waals surface area contributed by atoms with E-state index in [9.17, 15) is 4.79 Å². The van der Waals surface area contributed by atoms with Crippen LogP contribution in [0.15, 0.2) is 48.8 Å². The summed E-state index contributed by atoms with van der Waals surface area (Å²) in [4.78, 5) is 14.6. The Morgan fingerprint density at radius 2 is 1.85 bits per heavy atom. The number of ether oxygens (including phenoxy) is 1. The number of aromatic carboxylic acids is 1. The van der Waals surface area contributed by atoms with Gasteiger partial charge >= 0.3 is 5.97 Å². The molecule has 0 aliphatic carbocycles. The zero-order valence-electron chi connectivity index (χ0n) is 14.8. The van der Waals surface area contributed by atoms with Gasteiger partial charge in [-0.1, -0.05) is 60.8 Å². The molecule has 0 bridgehead atoms. The molecule has 0 fully saturated rings. The van der Waals surface area contributed by atoms with Crippen LogP contribution in [0.3, 0.4) is 0 Å². The number of halogens is 2. The maximum absolute atomic E-state index is 10.8. The third-order valence-corrected chi connectivity index (χ3v) is 4.23. The van der Waals surface area contributed by atoms with Gasteiger partial charge in [-0.2, -0.15) is 0 Å². The molecule has 1 aromatic heterocycles. The number of unbranched alkanes of at least 4 members (excludes halogenated alkanes) is 1. The summed E-state index contributed by atoms with van der Waals surface area (Å²) < 4.78 is 5.44. The van der Waals surface area contributed by atoms with Crippen LogP contribution in [-0.2, 0) is 0 Å². The van der Waals surface area contributed by atoms with Crippen molar-refractivity contribution >= 4 is 45.6 Å². The molecule has 3 aromatic rings. The lowest BCUT2D eigenvalue weighted by Crippen LogP contribution is -1.98. The van der Waals surface area contributed by atoms with Crippen LogP contribution in [0.25, 0.3) is 10.8 Å². The zero-order chi connectivity index (χ0) is 19.8. The highest BCUT2D eigenvalue weighted by molar-refractivity contribution is 6.37. The molecule has 0 amide bonds. The van der Waals surface area contributed by atoms with Gasteiger partial charge < -0.3 is 15.6 Å². The Hall–Kier alpha value is -2.50. The fourth-order valence-corrected chi connectivity index (χ4v) is 2.94. The molecule has 0 spiro atoms. The van der Waals surface area contributed by atoms with E-state index in [0.717, 1.165) is 23.6 Å². The van der Waals surface area contributed by atoms with Crippen molar-refractivity contribution in [3.8, 4) is 5.75 Å². The fraction of sp³-hybridized carbons (Fsp3) is 0.200. The van der Waals surface area contributed by atoms with Gasteiger partial charge in [-0.15, -0.1) is 0 Å². The van der Waals surface area contributed by atoms with E-state index in [4.69, 9.17) is 38.8 Å². The summed E-state index contributed by atoms with van der Waals surface area (Å²) in [5.41, 5.74) is 6.35. The lowest BCUT2D eigenvalue weighted by Gasteiger charge is -2.09. The van der Waals surface area contributed by atoms with Crippen molar-refractivity contribution in [1.29, 1.82) is 0 Å². The Bertz CT molecular complexity index is 904. The van der Waals surface area contributed by atoms with Gasteiger partial charge in [0.1, 0.15) is 0 Å². The molecule has 0 saturated carbocycles. The SMILES string of the molecule is CCCCOc1c(Cl)cc(N)cc1Cl.O=C(O)c1cncc2ccccc12. The first-order chi connectivity index (χ1) is 12.9. The number of fused-ring (bicyclic) bond motifs is 1. The molecular weight excluding hydrogens is 387 g/mol. The summed E-state index contributed by atoms with van der Waals surface area (Å²) in [5.74, 6) is -0.416. The van der Waals surface area contributed by atoms with E-state index in [0.29, 0.717) is 28.1 Å². The number of nitrogens with zero attached hydrogens (tertiary/aromatic N) is 1. The molecule has 0 aliphatic rings. The minimum atomic E-state index is -0.940. The first-order valence-corrected chi connectivity index (χ1v) is 9.13. The topological polar surface area (TPSA) is 85.4 Å². The third-order valence-electron chi connectivity index (χ3n) is 3.66. The molecule has 0 radical (unpaired) electrons. The van der Waals surface area contributed by atoms with Crippen molar-refractivity contribution in [2.45, 2.75) is 19.8 Å². The van der Waals surface area contributed by atoms with Gasteiger partial charge in [-0.05, 0) is 23.9 Å². The van der Waals surface area contributed by atoms with Crippen LogP contribution in [0.2, 0.25) is 10.0 Å². The lowest BCUT2D eigenvalue weighted by molar-refractivity contribution is 0.0698. The molecular formula is C20H20Cl2N2O3. The van der Waals surface area contributed by atoms with Crippen LogP contribution in [0.1, 0.15) is 30.1 Å². The van der Waals surface area contributed by atoms with Gasteiger partial charge in [0, 0.05) is 23.5 Å². The number of hydrogen-bond donors (Lipinski definition) is 2. The molecule has 7 heteroatoms. The number of anilines is 1. The van der Waals surface area contributed by atoms with Gasteiger partial charge in [-0.3, -0.25) is 4.98 Å². The van der Waals surface area contributed by atoms with E-state index in [1.807, 2.05) is 18.2 Å². The summed E-state index contributed by atoms with van der Waals surface area (Å²) in [6, 6.07) is 10.6. The number of hydrogen-bond acceptors (Lipinski definition) is 4. The summed E-state index contributed by atoms with van der Waals surface area (Å²) in [5, 5.41) is 11.3. The van der Waals surface area contributed by atoms with E-state index < -0.39 is 5.97 Å². The van der Waals surface area contributed by atoms with E-state index in [-0.39, 0.29) is 5.56 Å². The summed E-state index contributed by atoms with van der Waals surface area (Å²) in [7, 11) is 0. The molecule has 0 aliphatic heterocycles. The molecule has 5 nitrogen and oxygen atoms in total. The molecule has 27 heavy (non-hydrogen) atoms. The number of carboxylic acid groups (broad SMARTS) is 1. The Labute approximate surface area is 167 Å². The van der Waals surface area contributed by atoms with Gasteiger partial charge in [0.05, 0.1) is 22.2 Å². The minimum Gasteiger partial charge on any atom is -0.490 e. The van der Waals surface area contributed by atoms with Gasteiger partial charge in [0.25, 0.3) is 0 Å². The summed E-state index contributed by atoms with van der Waals surface area (Å²) >= 11 is 11.8. The zero-order valence-corrected chi connectivity index (χ0v) is 16.3. The number of rotatable bonds is 5. The number of carbonyl (C=O) groups is 1. The first kappa shape index (κ1) is 20.8. The van der Waals surface area contributed by atoms with Crippen molar-refractivity contribution in [2.24, 2.45) is 0 Å². The largest absolute Gasteiger partial charge is 0.490 e. The monoisotopic (exact) mass is 406 g/mol. The van der Waals surface area contributed by atoms with Crippen LogP contribution in [0, 0.1) is 0 Å². The fourth-order valence-electron chi connectivity index (χ4n) is 2.32. The second-order valence-corrected chi connectivity index (χ2v) is 6.54. The Kier molecular flexibility index (Phi) is 7.70. The van der Waals surface area contributed by atoms with Gasteiger partial charge in [0.2, 0.25) is 0 Å². The predicted octanol–water partition coefficient (Wildman–Crippen LogP) is 5.69. The quantitative estimate of drug-likeness (QED) is 0.419. The number of nitrogens with two attached hydrogens (primary N) is 1. The summed E-state index contributed by atoms with van der Waals surface area (Å²) in [6.45, 7) is 2.72. The molecule has 0 atom stereocenters. The Morgan fingerprint density at radius 1 is 1.19 bits per heavy atom. The van der Waals surface area contributed by atoms with Crippen molar-refractivity contribution in [1.82, 2.24) is 4.98 Å². The minimum absolute atomic E-state index is 0.248.